The number of carbonyl (C=O) groups excluding carboxylic acids is 1. The van der Waals surface area contributed by atoms with Gasteiger partial charge < -0.3 is 10.4 Å². The van der Waals surface area contributed by atoms with Crippen LogP contribution in [0.2, 0.25) is 0 Å². The highest BCUT2D eigenvalue weighted by atomic mass is 32.2. The highest BCUT2D eigenvalue weighted by Gasteiger charge is 2.08. The molecule has 0 aliphatic rings. The SMILES string of the molecule is Cc1cccnc1C(=O)NCCSCC(=O)O. The highest BCUT2D eigenvalue weighted by Crippen LogP contribution is 2.03. The van der Waals surface area contributed by atoms with Crippen molar-refractivity contribution in [3.8, 4) is 0 Å². The molecule has 1 amide bonds. The number of pyridine rings is 1. The average molecular weight is 254 g/mol. The Labute approximate surface area is 104 Å². The fraction of sp³-hybridized carbons (Fsp3) is 0.364. The summed E-state index contributed by atoms with van der Waals surface area (Å²) in [7, 11) is 0. The van der Waals surface area contributed by atoms with Crippen LogP contribution in [0.15, 0.2) is 18.3 Å². The van der Waals surface area contributed by atoms with Gasteiger partial charge in [0.25, 0.3) is 5.91 Å². The van der Waals surface area contributed by atoms with E-state index in [-0.39, 0.29) is 11.7 Å². The van der Waals surface area contributed by atoms with Crippen molar-refractivity contribution in [1.29, 1.82) is 0 Å². The number of nitrogens with one attached hydrogen (secondary N) is 1. The Morgan fingerprint density at radius 2 is 2.29 bits per heavy atom. The van der Waals surface area contributed by atoms with E-state index in [1.54, 1.807) is 12.3 Å². The number of aliphatic carboxylic acids is 1. The van der Waals surface area contributed by atoms with Crippen LogP contribution < -0.4 is 5.32 Å². The number of hydrogen-bond acceptors (Lipinski definition) is 4. The summed E-state index contributed by atoms with van der Waals surface area (Å²) in [5, 5.41) is 11.1. The van der Waals surface area contributed by atoms with E-state index in [0.717, 1.165) is 5.56 Å². The number of nitrogens with zero attached hydrogens (tertiary/aromatic N) is 1. The molecule has 0 unspecified atom stereocenters. The maximum atomic E-state index is 11.7. The first-order chi connectivity index (χ1) is 8.11. The number of hydrogen-bond donors (Lipinski definition) is 2. The molecule has 0 spiro atoms. The van der Waals surface area contributed by atoms with Gasteiger partial charge in [0.15, 0.2) is 0 Å². The fourth-order valence-corrected chi connectivity index (χ4v) is 1.77. The molecule has 0 saturated heterocycles. The minimum absolute atomic E-state index is 0.0541. The van der Waals surface area contributed by atoms with E-state index in [4.69, 9.17) is 5.11 Å². The summed E-state index contributed by atoms with van der Waals surface area (Å²) >= 11 is 1.27. The molecule has 0 fully saturated rings. The third kappa shape index (κ3) is 4.86. The molecule has 1 rings (SSSR count). The Morgan fingerprint density at radius 3 is 2.94 bits per heavy atom. The minimum Gasteiger partial charge on any atom is -0.481 e. The van der Waals surface area contributed by atoms with Crippen LogP contribution in [0, 0.1) is 6.92 Å². The Hall–Kier alpha value is -1.56. The lowest BCUT2D eigenvalue weighted by molar-refractivity contribution is -0.133. The predicted octanol–water partition coefficient (Wildman–Crippen LogP) is 0.938. The molecule has 0 saturated carbocycles. The Bertz CT molecular complexity index is 409. The Kier molecular flexibility index (Phi) is 5.48. The zero-order chi connectivity index (χ0) is 12.7. The molecule has 1 aromatic heterocycles. The van der Waals surface area contributed by atoms with Gasteiger partial charge in [-0.2, -0.15) is 0 Å². The standard InChI is InChI=1S/C11H14N2O3S/c1-8-3-2-4-12-10(8)11(16)13-5-6-17-7-9(14)15/h2-4H,5-7H2,1H3,(H,13,16)(H,14,15). The third-order valence-electron chi connectivity index (χ3n) is 1.98. The first kappa shape index (κ1) is 13.5. The number of rotatable bonds is 6. The quantitative estimate of drug-likeness (QED) is 0.738. The van der Waals surface area contributed by atoms with E-state index in [1.165, 1.54) is 11.8 Å². The van der Waals surface area contributed by atoms with Crippen molar-refractivity contribution in [1.82, 2.24) is 10.3 Å². The normalized spacial score (nSPS) is 9.94. The molecule has 6 heteroatoms. The molecule has 0 aromatic carbocycles. The van der Waals surface area contributed by atoms with Crippen molar-refractivity contribution < 1.29 is 14.7 Å². The van der Waals surface area contributed by atoms with Gasteiger partial charge in [-0.05, 0) is 18.6 Å². The summed E-state index contributed by atoms with van der Waals surface area (Å²) < 4.78 is 0. The number of aryl methyl sites for hydroxylation is 1. The lowest BCUT2D eigenvalue weighted by atomic mass is 10.2. The van der Waals surface area contributed by atoms with E-state index in [0.29, 0.717) is 18.0 Å². The second-order valence-corrected chi connectivity index (χ2v) is 4.48. The topological polar surface area (TPSA) is 79.3 Å². The van der Waals surface area contributed by atoms with Crippen LogP contribution in [0.25, 0.3) is 0 Å². The number of aromatic nitrogens is 1. The number of carboxylic acids is 1. The van der Waals surface area contributed by atoms with Gasteiger partial charge in [-0.15, -0.1) is 11.8 Å². The van der Waals surface area contributed by atoms with Crippen LogP contribution in [-0.2, 0) is 4.79 Å². The number of carboxylic acid groups (broad SMARTS) is 1. The molecular formula is C11H14N2O3S. The molecule has 0 aliphatic heterocycles. The van der Waals surface area contributed by atoms with Crippen LogP contribution >= 0.6 is 11.8 Å². The van der Waals surface area contributed by atoms with E-state index in [1.807, 2.05) is 13.0 Å². The van der Waals surface area contributed by atoms with Gasteiger partial charge in [0.05, 0.1) is 5.75 Å². The van der Waals surface area contributed by atoms with Crippen molar-refractivity contribution in [2.75, 3.05) is 18.1 Å². The van der Waals surface area contributed by atoms with Crippen molar-refractivity contribution in [3.05, 3.63) is 29.6 Å². The molecule has 1 heterocycles. The van der Waals surface area contributed by atoms with Gasteiger partial charge >= 0.3 is 5.97 Å². The van der Waals surface area contributed by atoms with E-state index < -0.39 is 5.97 Å². The average Bonchev–Trinajstić information content (AvgIpc) is 2.28. The molecule has 5 nitrogen and oxygen atoms in total. The Balaban J connectivity index is 2.31. The van der Waals surface area contributed by atoms with Crippen molar-refractivity contribution in [3.63, 3.8) is 0 Å². The van der Waals surface area contributed by atoms with Gasteiger partial charge in [0.2, 0.25) is 0 Å². The summed E-state index contributed by atoms with van der Waals surface area (Å²) in [4.78, 5) is 25.9. The van der Waals surface area contributed by atoms with Crippen LogP contribution in [0.5, 0.6) is 0 Å². The van der Waals surface area contributed by atoms with Gasteiger partial charge in [-0.3, -0.25) is 14.6 Å². The maximum Gasteiger partial charge on any atom is 0.313 e. The second kappa shape index (κ2) is 6.90. The molecule has 0 bridgehead atoms. The van der Waals surface area contributed by atoms with Crippen LogP contribution in [0.4, 0.5) is 0 Å². The summed E-state index contributed by atoms with van der Waals surface area (Å²) in [5.74, 6) is -0.441. The Morgan fingerprint density at radius 1 is 1.53 bits per heavy atom. The molecular weight excluding hydrogens is 240 g/mol. The molecule has 0 radical (unpaired) electrons. The summed E-state index contributed by atoms with van der Waals surface area (Å²) in [6.45, 7) is 2.26. The molecule has 1 aromatic rings. The highest BCUT2D eigenvalue weighted by molar-refractivity contribution is 7.99. The number of amides is 1. The second-order valence-electron chi connectivity index (χ2n) is 3.37. The third-order valence-corrected chi connectivity index (χ3v) is 2.93. The smallest absolute Gasteiger partial charge is 0.313 e. The largest absolute Gasteiger partial charge is 0.481 e. The zero-order valence-corrected chi connectivity index (χ0v) is 10.3. The maximum absolute atomic E-state index is 11.7. The van der Waals surface area contributed by atoms with E-state index in [2.05, 4.69) is 10.3 Å². The molecule has 2 N–H and O–H groups in total. The monoisotopic (exact) mass is 254 g/mol. The lowest BCUT2D eigenvalue weighted by Gasteiger charge is -2.05. The molecule has 17 heavy (non-hydrogen) atoms. The van der Waals surface area contributed by atoms with Crippen LogP contribution in [0.3, 0.4) is 0 Å². The predicted molar refractivity (Wildman–Crippen MR) is 66.3 cm³/mol. The van der Waals surface area contributed by atoms with Gasteiger partial charge in [-0.1, -0.05) is 6.07 Å². The van der Waals surface area contributed by atoms with Crippen molar-refractivity contribution in [2.45, 2.75) is 6.92 Å². The van der Waals surface area contributed by atoms with Gasteiger partial charge in [0, 0.05) is 18.5 Å². The summed E-state index contributed by atoms with van der Waals surface area (Å²) in [6.07, 6.45) is 1.57. The van der Waals surface area contributed by atoms with Crippen LogP contribution in [0.1, 0.15) is 16.1 Å². The zero-order valence-electron chi connectivity index (χ0n) is 9.47. The first-order valence-electron chi connectivity index (χ1n) is 5.10. The van der Waals surface area contributed by atoms with Crippen LogP contribution in [-0.4, -0.2) is 40.0 Å². The summed E-state index contributed by atoms with van der Waals surface area (Å²) in [6, 6.07) is 3.59. The molecule has 92 valence electrons. The lowest BCUT2D eigenvalue weighted by Crippen LogP contribution is -2.27. The van der Waals surface area contributed by atoms with Crippen molar-refractivity contribution in [2.24, 2.45) is 0 Å². The fourth-order valence-electron chi connectivity index (χ4n) is 1.20. The molecule has 0 aliphatic carbocycles. The number of thioether (sulfide) groups is 1. The van der Waals surface area contributed by atoms with E-state index >= 15 is 0 Å². The van der Waals surface area contributed by atoms with Gasteiger partial charge in [-0.25, -0.2) is 0 Å². The van der Waals surface area contributed by atoms with Gasteiger partial charge in [0.1, 0.15) is 5.69 Å². The van der Waals surface area contributed by atoms with Crippen molar-refractivity contribution >= 4 is 23.6 Å². The van der Waals surface area contributed by atoms with E-state index in [9.17, 15) is 9.59 Å². The minimum atomic E-state index is -0.845. The first-order valence-corrected chi connectivity index (χ1v) is 6.26. The molecule has 0 atom stereocenters. The number of carbonyl (C=O) groups is 2. The summed E-state index contributed by atoms with van der Waals surface area (Å²) in [5.41, 5.74) is 1.24.